The molecule has 1 aromatic rings. The Bertz CT molecular complexity index is 483. The van der Waals surface area contributed by atoms with E-state index in [1.807, 2.05) is 30.4 Å². The van der Waals surface area contributed by atoms with Crippen molar-refractivity contribution in [2.24, 2.45) is 4.99 Å². The van der Waals surface area contributed by atoms with Gasteiger partial charge in [-0.3, -0.25) is 4.99 Å². The number of halogens is 1. The molecule has 0 spiro atoms. The monoisotopic (exact) mass is 201 g/mol. The molecular formula is C12H8ClN. The van der Waals surface area contributed by atoms with Crippen molar-refractivity contribution in [2.45, 2.75) is 5.38 Å². The molecule has 0 aromatic heterocycles. The first-order valence-corrected chi connectivity index (χ1v) is 5.01. The molecule has 1 aromatic carbocycles. The summed E-state index contributed by atoms with van der Waals surface area (Å²) in [6, 6.07) is 8.13. The Hall–Kier alpha value is -1.34. The molecule has 0 saturated heterocycles. The van der Waals surface area contributed by atoms with Crippen LogP contribution in [-0.4, -0.2) is 11.1 Å². The maximum Gasteiger partial charge on any atom is 0.0947 e. The van der Waals surface area contributed by atoms with Gasteiger partial charge in [0.1, 0.15) is 0 Å². The summed E-state index contributed by atoms with van der Waals surface area (Å²) < 4.78 is 0. The zero-order valence-electron chi connectivity index (χ0n) is 7.44. The van der Waals surface area contributed by atoms with Crippen molar-refractivity contribution in [1.82, 2.24) is 0 Å². The Labute approximate surface area is 87.4 Å². The highest BCUT2D eigenvalue weighted by atomic mass is 35.5. The van der Waals surface area contributed by atoms with E-state index < -0.39 is 0 Å². The molecule has 1 atom stereocenters. The average Bonchev–Trinajstić information content (AvgIpc) is 2.59. The first kappa shape index (κ1) is 8.01. The summed E-state index contributed by atoms with van der Waals surface area (Å²) in [5.74, 6) is 0. The molecule has 1 nitrogen and oxygen atoms in total. The number of hydrogen-bond donors (Lipinski definition) is 0. The summed E-state index contributed by atoms with van der Waals surface area (Å²) in [7, 11) is 0. The molecule has 2 aliphatic rings. The molecule has 1 unspecified atom stereocenters. The van der Waals surface area contributed by atoms with Crippen molar-refractivity contribution < 1.29 is 0 Å². The number of aliphatic imine (C=N–C) groups is 1. The third-order valence-electron chi connectivity index (χ3n) is 2.52. The quantitative estimate of drug-likeness (QED) is 0.571. The maximum atomic E-state index is 6.15. The van der Waals surface area contributed by atoms with Gasteiger partial charge >= 0.3 is 0 Å². The van der Waals surface area contributed by atoms with Crippen molar-refractivity contribution in [3.05, 3.63) is 48.1 Å². The molecule has 14 heavy (non-hydrogen) atoms. The van der Waals surface area contributed by atoms with Gasteiger partial charge in [-0.2, -0.15) is 0 Å². The van der Waals surface area contributed by atoms with E-state index in [2.05, 4.69) is 17.1 Å². The van der Waals surface area contributed by atoms with Crippen LogP contribution in [0.1, 0.15) is 5.56 Å². The van der Waals surface area contributed by atoms with Gasteiger partial charge in [0.25, 0.3) is 0 Å². The van der Waals surface area contributed by atoms with Gasteiger partial charge in [-0.15, -0.1) is 11.6 Å². The van der Waals surface area contributed by atoms with E-state index in [0.717, 1.165) is 11.4 Å². The number of rotatable bonds is 0. The fourth-order valence-electron chi connectivity index (χ4n) is 1.85. The predicted molar refractivity (Wildman–Crippen MR) is 60.3 cm³/mol. The van der Waals surface area contributed by atoms with Gasteiger partial charge in [0.05, 0.1) is 16.8 Å². The van der Waals surface area contributed by atoms with Crippen LogP contribution in [0.5, 0.6) is 0 Å². The number of alkyl halides is 1. The molecule has 2 heteroatoms. The fraction of sp³-hybridized carbons (Fsp3) is 0.0833. The molecule has 0 amide bonds. The molecule has 0 saturated carbocycles. The van der Waals surface area contributed by atoms with Crippen LogP contribution in [0.3, 0.4) is 0 Å². The third-order valence-corrected chi connectivity index (χ3v) is 2.87. The van der Waals surface area contributed by atoms with E-state index in [9.17, 15) is 0 Å². The number of nitrogens with zero attached hydrogens (tertiary/aromatic N) is 1. The van der Waals surface area contributed by atoms with Crippen LogP contribution in [0.25, 0.3) is 5.57 Å². The second-order valence-electron chi connectivity index (χ2n) is 3.38. The van der Waals surface area contributed by atoms with Crippen LogP contribution in [0.2, 0.25) is 0 Å². The maximum absolute atomic E-state index is 6.15. The van der Waals surface area contributed by atoms with Crippen molar-refractivity contribution in [3.63, 3.8) is 0 Å². The Morgan fingerprint density at radius 1 is 1.21 bits per heavy atom. The molecule has 0 fully saturated rings. The van der Waals surface area contributed by atoms with Crippen LogP contribution in [-0.2, 0) is 0 Å². The lowest BCUT2D eigenvalue weighted by Gasteiger charge is -2.10. The summed E-state index contributed by atoms with van der Waals surface area (Å²) in [5.41, 5.74) is 4.37. The highest BCUT2D eigenvalue weighted by Gasteiger charge is 2.25. The first-order valence-electron chi connectivity index (χ1n) is 4.57. The number of benzene rings is 1. The van der Waals surface area contributed by atoms with Crippen LogP contribution >= 0.6 is 11.6 Å². The summed E-state index contributed by atoms with van der Waals surface area (Å²) in [4.78, 5) is 4.52. The smallest absolute Gasteiger partial charge is 0.0947 e. The number of fused-ring (bicyclic) bond motifs is 3. The summed E-state index contributed by atoms with van der Waals surface area (Å²) in [6.07, 6.45) is 6.02. The summed E-state index contributed by atoms with van der Waals surface area (Å²) in [5, 5.41) is -0.0811. The van der Waals surface area contributed by atoms with E-state index in [4.69, 9.17) is 11.6 Å². The second kappa shape index (κ2) is 2.82. The van der Waals surface area contributed by atoms with Gasteiger partial charge in [0, 0.05) is 11.1 Å². The largest absolute Gasteiger partial charge is 0.250 e. The van der Waals surface area contributed by atoms with E-state index in [1.54, 1.807) is 0 Å². The Morgan fingerprint density at radius 3 is 3.00 bits per heavy atom. The predicted octanol–water partition coefficient (Wildman–Crippen LogP) is 3.33. The first-order chi connectivity index (χ1) is 6.86. The fourth-order valence-corrected chi connectivity index (χ4v) is 2.10. The standard InChI is InChI=1S/C12H8ClN/c13-10-6-3-5-9-8-4-1-2-7-11(8)14-12(9)10/h1-7,10H. The highest BCUT2D eigenvalue weighted by Crippen LogP contribution is 2.38. The van der Waals surface area contributed by atoms with Crippen LogP contribution in [0, 0.1) is 0 Å². The number of hydrogen-bond acceptors (Lipinski definition) is 1. The van der Waals surface area contributed by atoms with Crippen molar-refractivity contribution >= 4 is 28.6 Å². The van der Waals surface area contributed by atoms with Gasteiger partial charge in [-0.05, 0) is 6.07 Å². The van der Waals surface area contributed by atoms with E-state index in [-0.39, 0.29) is 5.38 Å². The molecule has 0 N–H and O–H groups in total. The normalized spacial score (nSPS) is 22.5. The lowest BCUT2D eigenvalue weighted by molar-refractivity contribution is 1.45. The lowest BCUT2D eigenvalue weighted by atomic mass is 9.97. The number of allylic oxidation sites excluding steroid dienone is 4. The van der Waals surface area contributed by atoms with E-state index in [0.29, 0.717) is 0 Å². The molecule has 3 rings (SSSR count). The summed E-state index contributed by atoms with van der Waals surface area (Å²) >= 11 is 6.15. The Balaban J connectivity index is 2.24. The molecule has 0 radical (unpaired) electrons. The van der Waals surface area contributed by atoms with Crippen molar-refractivity contribution in [1.29, 1.82) is 0 Å². The minimum Gasteiger partial charge on any atom is -0.250 e. The second-order valence-corrected chi connectivity index (χ2v) is 3.85. The van der Waals surface area contributed by atoms with E-state index >= 15 is 0 Å². The lowest BCUT2D eigenvalue weighted by Crippen LogP contribution is -2.13. The molecule has 1 aliphatic heterocycles. The van der Waals surface area contributed by atoms with Crippen LogP contribution in [0.4, 0.5) is 5.69 Å². The van der Waals surface area contributed by atoms with Crippen molar-refractivity contribution in [3.8, 4) is 0 Å². The summed E-state index contributed by atoms with van der Waals surface area (Å²) in [6.45, 7) is 0. The van der Waals surface area contributed by atoms with Gasteiger partial charge in [-0.1, -0.05) is 36.4 Å². The molecule has 1 heterocycles. The topological polar surface area (TPSA) is 12.4 Å². The van der Waals surface area contributed by atoms with Crippen molar-refractivity contribution in [2.75, 3.05) is 0 Å². The van der Waals surface area contributed by atoms with Crippen LogP contribution in [0.15, 0.2) is 47.5 Å². The van der Waals surface area contributed by atoms with Crippen LogP contribution < -0.4 is 0 Å². The number of para-hydroxylation sites is 1. The molecule has 0 bridgehead atoms. The zero-order chi connectivity index (χ0) is 9.54. The molecule has 1 aliphatic carbocycles. The minimum atomic E-state index is -0.0811. The SMILES string of the molecule is ClC1C=CC=C2C1=Nc1ccccc12. The van der Waals surface area contributed by atoms with Gasteiger partial charge in [-0.25, -0.2) is 0 Å². The van der Waals surface area contributed by atoms with Gasteiger partial charge in [0.2, 0.25) is 0 Å². The minimum absolute atomic E-state index is 0.0811. The average molecular weight is 202 g/mol. The Morgan fingerprint density at radius 2 is 2.07 bits per heavy atom. The van der Waals surface area contributed by atoms with Gasteiger partial charge < -0.3 is 0 Å². The Kier molecular flexibility index (Phi) is 1.62. The van der Waals surface area contributed by atoms with E-state index in [1.165, 1.54) is 11.1 Å². The molecule has 68 valence electrons. The zero-order valence-corrected chi connectivity index (χ0v) is 8.20. The molecular weight excluding hydrogens is 194 g/mol. The highest BCUT2D eigenvalue weighted by molar-refractivity contribution is 6.46. The van der Waals surface area contributed by atoms with Gasteiger partial charge in [0.15, 0.2) is 0 Å². The third kappa shape index (κ3) is 0.992.